The molecule has 0 amide bonds. The van der Waals surface area contributed by atoms with E-state index in [0.717, 1.165) is 36.3 Å². The Kier molecular flexibility index (Phi) is 4.39. The van der Waals surface area contributed by atoms with E-state index in [1.807, 2.05) is 30.3 Å². The third-order valence-electron chi connectivity index (χ3n) is 3.85. The van der Waals surface area contributed by atoms with Gasteiger partial charge in [-0.2, -0.15) is 0 Å². The van der Waals surface area contributed by atoms with Crippen LogP contribution in [0.15, 0.2) is 36.4 Å². The van der Waals surface area contributed by atoms with Crippen LogP contribution in [-0.4, -0.2) is 6.61 Å². The minimum absolute atomic E-state index is 0.185. The van der Waals surface area contributed by atoms with Gasteiger partial charge in [-0.1, -0.05) is 47.5 Å². The van der Waals surface area contributed by atoms with Crippen LogP contribution in [0.3, 0.4) is 0 Å². The molecule has 2 aromatic carbocycles. The molecule has 0 spiro atoms. The van der Waals surface area contributed by atoms with Crippen molar-refractivity contribution in [3.8, 4) is 5.75 Å². The first-order valence-corrected chi connectivity index (χ1v) is 7.85. The van der Waals surface area contributed by atoms with E-state index in [0.29, 0.717) is 16.5 Å². The SMILES string of the molecule is NC(Cc1c(Cl)cccc1Cl)c1cccc2c1OCCC2. The van der Waals surface area contributed by atoms with Gasteiger partial charge in [0.05, 0.1) is 6.61 Å². The van der Waals surface area contributed by atoms with Crippen LogP contribution >= 0.6 is 23.2 Å². The highest BCUT2D eigenvalue weighted by Crippen LogP contribution is 2.35. The quantitative estimate of drug-likeness (QED) is 0.899. The summed E-state index contributed by atoms with van der Waals surface area (Å²) in [4.78, 5) is 0. The van der Waals surface area contributed by atoms with Crippen LogP contribution in [0, 0.1) is 0 Å². The summed E-state index contributed by atoms with van der Waals surface area (Å²) in [7, 11) is 0. The second-order valence-corrected chi connectivity index (χ2v) is 6.11. The molecule has 0 radical (unpaired) electrons. The first-order chi connectivity index (χ1) is 10.2. The van der Waals surface area contributed by atoms with Gasteiger partial charge in [-0.3, -0.25) is 0 Å². The summed E-state index contributed by atoms with van der Waals surface area (Å²) >= 11 is 12.5. The van der Waals surface area contributed by atoms with Crippen LogP contribution in [0.2, 0.25) is 10.0 Å². The molecule has 0 bridgehead atoms. The van der Waals surface area contributed by atoms with Crippen LogP contribution in [-0.2, 0) is 12.8 Å². The number of ether oxygens (including phenoxy) is 1. The Bertz CT molecular complexity index is 637. The third kappa shape index (κ3) is 3.03. The van der Waals surface area contributed by atoms with Crippen LogP contribution in [0.5, 0.6) is 5.75 Å². The van der Waals surface area contributed by atoms with E-state index in [1.54, 1.807) is 0 Å². The lowest BCUT2D eigenvalue weighted by molar-refractivity contribution is 0.283. The highest BCUT2D eigenvalue weighted by atomic mass is 35.5. The lowest BCUT2D eigenvalue weighted by atomic mass is 9.94. The number of aryl methyl sites for hydroxylation is 1. The number of hydrogen-bond donors (Lipinski definition) is 1. The molecular formula is C17H17Cl2NO. The van der Waals surface area contributed by atoms with Crippen molar-refractivity contribution in [2.75, 3.05) is 6.61 Å². The second kappa shape index (κ2) is 6.27. The molecule has 0 fully saturated rings. The Morgan fingerprint density at radius 2 is 1.81 bits per heavy atom. The molecule has 1 aliphatic rings. The Balaban J connectivity index is 1.91. The summed E-state index contributed by atoms with van der Waals surface area (Å²) in [6.07, 6.45) is 2.70. The molecule has 0 saturated carbocycles. The highest BCUT2D eigenvalue weighted by Gasteiger charge is 2.20. The Morgan fingerprint density at radius 3 is 2.57 bits per heavy atom. The molecule has 1 atom stereocenters. The lowest BCUT2D eigenvalue weighted by Gasteiger charge is -2.23. The largest absolute Gasteiger partial charge is 0.493 e. The Hall–Kier alpha value is -1.22. The van der Waals surface area contributed by atoms with Crippen LogP contribution < -0.4 is 10.5 Å². The van der Waals surface area contributed by atoms with E-state index in [1.165, 1.54) is 5.56 Å². The van der Waals surface area contributed by atoms with E-state index in [2.05, 4.69) is 6.07 Å². The summed E-state index contributed by atoms with van der Waals surface area (Å²) in [6.45, 7) is 0.754. The molecule has 3 rings (SSSR count). The molecule has 2 nitrogen and oxygen atoms in total. The van der Waals surface area contributed by atoms with Gasteiger partial charge in [-0.15, -0.1) is 0 Å². The average molecular weight is 322 g/mol. The third-order valence-corrected chi connectivity index (χ3v) is 4.56. The van der Waals surface area contributed by atoms with Gasteiger partial charge in [0.15, 0.2) is 0 Å². The van der Waals surface area contributed by atoms with E-state index in [9.17, 15) is 0 Å². The number of para-hydroxylation sites is 1. The fourth-order valence-corrected chi connectivity index (χ4v) is 3.32. The normalized spacial score (nSPS) is 15.2. The van der Waals surface area contributed by atoms with Crippen molar-refractivity contribution in [2.45, 2.75) is 25.3 Å². The molecule has 1 aliphatic heterocycles. The molecule has 1 unspecified atom stereocenters. The fraction of sp³-hybridized carbons (Fsp3) is 0.294. The summed E-state index contributed by atoms with van der Waals surface area (Å²) in [5.74, 6) is 0.944. The molecular weight excluding hydrogens is 305 g/mol. The second-order valence-electron chi connectivity index (χ2n) is 5.30. The molecule has 0 saturated heterocycles. The standard InChI is InChI=1S/C17H17Cl2NO/c18-14-7-2-8-15(19)13(14)10-16(20)12-6-1-4-11-5-3-9-21-17(11)12/h1-2,4,6-8,16H,3,5,9-10,20H2. The van der Waals surface area contributed by atoms with E-state index < -0.39 is 0 Å². The van der Waals surface area contributed by atoms with Gasteiger partial charge in [0.25, 0.3) is 0 Å². The number of hydrogen-bond acceptors (Lipinski definition) is 2. The van der Waals surface area contributed by atoms with Gasteiger partial charge in [-0.05, 0) is 42.5 Å². The van der Waals surface area contributed by atoms with Crippen molar-refractivity contribution >= 4 is 23.2 Å². The van der Waals surface area contributed by atoms with E-state index in [-0.39, 0.29) is 6.04 Å². The highest BCUT2D eigenvalue weighted by molar-refractivity contribution is 6.36. The number of rotatable bonds is 3. The van der Waals surface area contributed by atoms with Gasteiger partial charge < -0.3 is 10.5 Å². The lowest BCUT2D eigenvalue weighted by Crippen LogP contribution is -2.18. The van der Waals surface area contributed by atoms with Gasteiger partial charge >= 0.3 is 0 Å². The first-order valence-electron chi connectivity index (χ1n) is 7.10. The van der Waals surface area contributed by atoms with Gasteiger partial charge in [-0.25, -0.2) is 0 Å². The molecule has 1 heterocycles. The monoisotopic (exact) mass is 321 g/mol. The summed E-state index contributed by atoms with van der Waals surface area (Å²) < 4.78 is 5.83. The summed E-state index contributed by atoms with van der Waals surface area (Å²) in [5, 5.41) is 1.31. The smallest absolute Gasteiger partial charge is 0.127 e. The van der Waals surface area contributed by atoms with E-state index in [4.69, 9.17) is 33.7 Å². The van der Waals surface area contributed by atoms with Gasteiger partial charge in [0.1, 0.15) is 5.75 Å². The minimum atomic E-state index is -0.185. The summed E-state index contributed by atoms with van der Waals surface area (Å²) in [6, 6.07) is 11.5. The van der Waals surface area contributed by atoms with Crippen molar-refractivity contribution in [2.24, 2.45) is 5.73 Å². The molecule has 2 aromatic rings. The molecule has 0 aromatic heterocycles. The fourth-order valence-electron chi connectivity index (χ4n) is 2.76. The van der Waals surface area contributed by atoms with Crippen molar-refractivity contribution in [3.05, 3.63) is 63.1 Å². The molecule has 21 heavy (non-hydrogen) atoms. The van der Waals surface area contributed by atoms with Gasteiger partial charge in [0, 0.05) is 21.7 Å². The van der Waals surface area contributed by atoms with Crippen molar-refractivity contribution < 1.29 is 4.74 Å². The predicted molar refractivity (Wildman–Crippen MR) is 87.4 cm³/mol. The zero-order valence-electron chi connectivity index (χ0n) is 11.6. The average Bonchev–Trinajstić information content (AvgIpc) is 2.50. The van der Waals surface area contributed by atoms with Crippen LogP contribution in [0.25, 0.3) is 0 Å². The maximum Gasteiger partial charge on any atom is 0.127 e. The Morgan fingerprint density at radius 1 is 1.10 bits per heavy atom. The number of fused-ring (bicyclic) bond motifs is 1. The zero-order chi connectivity index (χ0) is 14.8. The van der Waals surface area contributed by atoms with E-state index >= 15 is 0 Å². The molecule has 110 valence electrons. The summed E-state index contributed by atoms with van der Waals surface area (Å²) in [5.41, 5.74) is 9.55. The predicted octanol–water partition coefficient (Wildman–Crippen LogP) is 4.56. The zero-order valence-corrected chi connectivity index (χ0v) is 13.1. The van der Waals surface area contributed by atoms with Crippen LogP contribution in [0.4, 0.5) is 0 Å². The van der Waals surface area contributed by atoms with Crippen molar-refractivity contribution in [3.63, 3.8) is 0 Å². The topological polar surface area (TPSA) is 35.2 Å². The molecule has 0 aliphatic carbocycles. The number of nitrogens with two attached hydrogens (primary N) is 1. The maximum atomic E-state index is 6.39. The minimum Gasteiger partial charge on any atom is -0.493 e. The number of benzene rings is 2. The van der Waals surface area contributed by atoms with Crippen molar-refractivity contribution in [1.82, 2.24) is 0 Å². The van der Waals surface area contributed by atoms with Crippen molar-refractivity contribution in [1.29, 1.82) is 0 Å². The van der Waals surface area contributed by atoms with Gasteiger partial charge in [0.2, 0.25) is 0 Å². The van der Waals surface area contributed by atoms with Crippen LogP contribution in [0.1, 0.15) is 29.2 Å². The maximum absolute atomic E-state index is 6.39. The first kappa shape index (κ1) is 14.7. The number of halogens is 2. The Labute approximate surface area is 134 Å². The molecule has 2 N–H and O–H groups in total. The molecule has 4 heteroatoms.